The van der Waals surface area contributed by atoms with E-state index in [1.165, 1.54) is 30.5 Å². The normalized spacial score (nSPS) is 12.2. The Labute approximate surface area is 124 Å². The third kappa shape index (κ3) is 3.30. The molecule has 0 aliphatic carbocycles. The van der Waals surface area contributed by atoms with E-state index in [9.17, 15) is 14.3 Å². The topological polar surface area (TPSA) is 65.1 Å². The first-order chi connectivity index (χ1) is 9.51. The number of nitrogens with one attached hydrogen (secondary N) is 2. The number of rotatable bonds is 4. The average Bonchev–Trinajstić information content (AvgIpc) is 2.86. The van der Waals surface area contributed by atoms with Crippen molar-refractivity contribution >= 4 is 29.1 Å². The Hall–Kier alpha value is -1.56. The molecule has 1 aromatic heterocycles. The molecule has 0 aliphatic rings. The van der Waals surface area contributed by atoms with Crippen molar-refractivity contribution in [1.29, 1.82) is 0 Å². The summed E-state index contributed by atoms with van der Waals surface area (Å²) in [6, 6.07) is 4.79. The van der Waals surface area contributed by atoms with E-state index in [0.29, 0.717) is 10.6 Å². The van der Waals surface area contributed by atoms with Gasteiger partial charge in [0.2, 0.25) is 0 Å². The van der Waals surface area contributed by atoms with Gasteiger partial charge in [-0.25, -0.2) is 4.39 Å². The summed E-state index contributed by atoms with van der Waals surface area (Å²) >= 11 is 11.3. The van der Waals surface area contributed by atoms with Crippen LogP contribution in [0.3, 0.4) is 0 Å². The fraction of sp³-hybridized carbons (Fsp3) is 0.154. The number of carbonyl (C=O) groups excluding carboxylic acids is 1. The average molecular weight is 317 g/mol. The zero-order chi connectivity index (χ0) is 14.7. The van der Waals surface area contributed by atoms with Crippen LogP contribution in [0, 0.1) is 5.82 Å². The molecule has 7 heteroatoms. The number of amides is 1. The predicted molar refractivity (Wildman–Crippen MR) is 74.5 cm³/mol. The molecule has 0 spiro atoms. The molecule has 0 fully saturated rings. The molecule has 0 radical (unpaired) electrons. The quantitative estimate of drug-likeness (QED) is 0.812. The molecule has 0 saturated heterocycles. The van der Waals surface area contributed by atoms with Gasteiger partial charge in [0, 0.05) is 6.20 Å². The zero-order valence-electron chi connectivity index (χ0n) is 10.2. The Balaban J connectivity index is 2.16. The summed E-state index contributed by atoms with van der Waals surface area (Å²) in [5.74, 6) is -1.06. The molecule has 1 heterocycles. The lowest BCUT2D eigenvalue weighted by molar-refractivity contribution is 0.0911. The van der Waals surface area contributed by atoms with E-state index in [2.05, 4.69) is 10.3 Å². The number of aromatic nitrogens is 1. The minimum absolute atomic E-state index is 0.0204. The second kappa shape index (κ2) is 6.26. The molecule has 106 valence electrons. The van der Waals surface area contributed by atoms with Gasteiger partial charge in [-0.3, -0.25) is 4.79 Å². The smallest absolute Gasteiger partial charge is 0.268 e. The largest absolute Gasteiger partial charge is 0.394 e. The number of hydrogen-bond acceptors (Lipinski definition) is 2. The predicted octanol–water partition coefficient (Wildman–Crippen LogP) is 2.92. The Morgan fingerprint density at radius 3 is 2.70 bits per heavy atom. The van der Waals surface area contributed by atoms with Gasteiger partial charge in [0.1, 0.15) is 11.5 Å². The Morgan fingerprint density at radius 2 is 2.15 bits per heavy atom. The van der Waals surface area contributed by atoms with Crippen LogP contribution in [0.5, 0.6) is 0 Å². The number of carbonyl (C=O) groups is 1. The second-order valence-corrected chi connectivity index (χ2v) is 4.96. The van der Waals surface area contributed by atoms with Gasteiger partial charge in [0.25, 0.3) is 5.91 Å². The minimum atomic E-state index is -0.739. The highest BCUT2D eigenvalue weighted by Gasteiger charge is 2.17. The van der Waals surface area contributed by atoms with Crippen molar-refractivity contribution in [2.75, 3.05) is 6.61 Å². The number of H-pyrrole nitrogens is 1. The minimum Gasteiger partial charge on any atom is -0.394 e. The fourth-order valence-electron chi connectivity index (χ4n) is 1.70. The second-order valence-electron chi connectivity index (χ2n) is 4.11. The highest BCUT2D eigenvalue weighted by Crippen LogP contribution is 2.20. The van der Waals surface area contributed by atoms with E-state index in [1.54, 1.807) is 0 Å². The molecule has 3 N–H and O–H groups in total. The van der Waals surface area contributed by atoms with Gasteiger partial charge in [0.05, 0.1) is 22.7 Å². The van der Waals surface area contributed by atoms with Crippen molar-refractivity contribution in [3.8, 4) is 0 Å². The first-order valence-electron chi connectivity index (χ1n) is 5.72. The van der Waals surface area contributed by atoms with Gasteiger partial charge in [-0.05, 0) is 23.8 Å². The molecule has 4 nitrogen and oxygen atoms in total. The van der Waals surface area contributed by atoms with Crippen LogP contribution in [-0.2, 0) is 0 Å². The van der Waals surface area contributed by atoms with Crippen LogP contribution in [-0.4, -0.2) is 22.6 Å². The summed E-state index contributed by atoms with van der Waals surface area (Å²) in [7, 11) is 0. The molecular formula is C13H11Cl2FN2O2. The van der Waals surface area contributed by atoms with Gasteiger partial charge in [-0.15, -0.1) is 0 Å². The molecule has 20 heavy (non-hydrogen) atoms. The van der Waals surface area contributed by atoms with Crippen LogP contribution < -0.4 is 5.32 Å². The summed E-state index contributed by atoms with van der Waals surface area (Å²) in [6.45, 7) is -0.374. The maximum absolute atomic E-state index is 13.4. The van der Waals surface area contributed by atoms with Gasteiger partial charge < -0.3 is 15.4 Å². The van der Waals surface area contributed by atoms with Gasteiger partial charge in [-0.1, -0.05) is 29.3 Å². The molecule has 0 bridgehead atoms. The lowest BCUT2D eigenvalue weighted by Crippen LogP contribution is -2.31. The number of benzene rings is 1. The summed E-state index contributed by atoms with van der Waals surface area (Å²) < 4.78 is 13.4. The third-order valence-corrected chi connectivity index (χ3v) is 3.25. The Bertz CT molecular complexity index is 631. The number of halogens is 3. The molecule has 0 aliphatic heterocycles. The Kier molecular flexibility index (Phi) is 4.65. The van der Waals surface area contributed by atoms with Crippen molar-refractivity contribution in [3.63, 3.8) is 0 Å². The lowest BCUT2D eigenvalue weighted by atomic mass is 10.1. The van der Waals surface area contributed by atoms with Crippen LogP contribution in [0.2, 0.25) is 10.0 Å². The van der Waals surface area contributed by atoms with Crippen LogP contribution in [0.25, 0.3) is 0 Å². The fourth-order valence-corrected chi connectivity index (χ4v) is 1.98. The standard InChI is InChI=1S/C13H11Cl2FN2O2/c14-8-4-11(17-5-8)13(20)18-12(6-19)7-1-2-9(15)10(16)3-7/h1-5,12,17,19H,6H2,(H,18,20). The van der Waals surface area contributed by atoms with Crippen molar-refractivity contribution in [1.82, 2.24) is 10.3 Å². The van der Waals surface area contributed by atoms with Crippen molar-refractivity contribution < 1.29 is 14.3 Å². The molecule has 1 atom stereocenters. The molecule has 1 aromatic carbocycles. The first-order valence-corrected chi connectivity index (χ1v) is 6.47. The number of aliphatic hydroxyl groups is 1. The van der Waals surface area contributed by atoms with Gasteiger partial charge in [0.15, 0.2) is 0 Å². The maximum Gasteiger partial charge on any atom is 0.268 e. The van der Waals surface area contributed by atoms with E-state index in [0.717, 1.165) is 0 Å². The van der Waals surface area contributed by atoms with Crippen LogP contribution in [0.1, 0.15) is 22.1 Å². The summed E-state index contributed by atoms with van der Waals surface area (Å²) in [5, 5.41) is 12.3. The summed E-state index contributed by atoms with van der Waals surface area (Å²) in [4.78, 5) is 14.6. The monoisotopic (exact) mass is 316 g/mol. The third-order valence-electron chi connectivity index (χ3n) is 2.73. The van der Waals surface area contributed by atoms with E-state index in [4.69, 9.17) is 23.2 Å². The molecule has 2 rings (SSSR count). The van der Waals surface area contributed by atoms with Crippen LogP contribution >= 0.6 is 23.2 Å². The molecular weight excluding hydrogens is 306 g/mol. The first kappa shape index (κ1) is 14.8. The number of aliphatic hydroxyl groups excluding tert-OH is 1. The van der Waals surface area contributed by atoms with Gasteiger partial charge >= 0.3 is 0 Å². The Morgan fingerprint density at radius 1 is 1.40 bits per heavy atom. The number of hydrogen-bond donors (Lipinski definition) is 3. The molecule has 2 aromatic rings. The summed E-state index contributed by atoms with van der Waals surface area (Å²) in [6.07, 6.45) is 1.46. The number of aromatic amines is 1. The highest BCUT2D eigenvalue weighted by molar-refractivity contribution is 6.31. The lowest BCUT2D eigenvalue weighted by Gasteiger charge is -2.16. The van der Waals surface area contributed by atoms with Crippen molar-refractivity contribution in [3.05, 3.63) is 57.6 Å². The zero-order valence-corrected chi connectivity index (χ0v) is 11.7. The molecule has 1 unspecified atom stereocenters. The van der Waals surface area contributed by atoms with Gasteiger partial charge in [-0.2, -0.15) is 0 Å². The molecule has 1 amide bonds. The maximum atomic E-state index is 13.4. The van der Waals surface area contributed by atoms with Crippen molar-refractivity contribution in [2.24, 2.45) is 0 Å². The van der Waals surface area contributed by atoms with Crippen molar-refractivity contribution in [2.45, 2.75) is 6.04 Å². The SMILES string of the molecule is O=C(NC(CO)c1ccc(Cl)c(F)c1)c1cc(Cl)c[nH]1. The molecule has 0 saturated carbocycles. The van der Waals surface area contributed by atoms with E-state index in [1.807, 2.05) is 0 Å². The van der Waals surface area contributed by atoms with Crippen LogP contribution in [0.15, 0.2) is 30.5 Å². The summed E-state index contributed by atoms with van der Waals surface area (Å²) in [5.41, 5.74) is 0.670. The van der Waals surface area contributed by atoms with Crippen LogP contribution in [0.4, 0.5) is 4.39 Å². The van der Waals surface area contributed by atoms with E-state index >= 15 is 0 Å². The van der Waals surface area contributed by atoms with E-state index < -0.39 is 17.8 Å². The van der Waals surface area contributed by atoms with E-state index in [-0.39, 0.29) is 17.3 Å². The highest BCUT2D eigenvalue weighted by atomic mass is 35.5.